The van der Waals surface area contributed by atoms with Crippen molar-refractivity contribution < 1.29 is 4.39 Å². The average molecular weight is 192 g/mol. The summed E-state index contributed by atoms with van der Waals surface area (Å²) in [4.78, 5) is 0. The Morgan fingerprint density at radius 2 is 1.92 bits per heavy atom. The third kappa shape index (κ3) is 0.882. The Labute approximate surface area is 78.5 Å². The first-order chi connectivity index (χ1) is 5.23. The van der Waals surface area contributed by atoms with Gasteiger partial charge in [-0.2, -0.15) is 0 Å². The van der Waals surface area contributed by atoms with Crippen LogP contribution in [0.25, 0.3) is 0 Å². The fraction of sp³-hybridized carbons (Fsp3) is 1.00. The Morgan fingerprint density at radius 1 is 1.25 bits per heavy atom. The number of halogens is 2. The molecule has 0 aromatic rings. The quantitative estimate of drug-likeness (QED) is 0.668. The zero-order valence-electron chi connectivity index (χ0n) is 7.11. The monoisotopic (exact) mass is 191 g/mol. The molecule has 1 saturated heterocycles. The zero-order valence-corrected chi connectivity index (χ0v) is 7.92. The smallest absolute Gasteiger partial charge is 0.112 e. The Morgan fingerprint density at radius 3 is 2.33 bits per heavy atom. The van der Waals surface area contributed by atoms with Crippen molar-refractivity contribution in [1.29, 1.82) is 0 Å². The Bertz CT molecular complexity index is 181. The van der Waals surface area contributed by atoms with Gasteiger partial charge in [-0.15, -0.1) is 12.4 Å². The lowest BCUT2D eigenvalue weighted by molar-refractivity contribution is -0.238. The van der Waals surface area contributed by atoms with Gasteiger partial charge in [-0.25, -0.2) is 4.39 Å². The molecule has 4 rings (SSSR count). The second-order valence-corrected chi connectivity index (χ2v) is 4.73. The van der Waals surface area contributed by atoms with E-state index in [0.717, 1.165) is 38.3 Å². The summed E-state index contributed by atoms with van der Waals surface area (Å²) >= 11 is 0. The maximum absolute atomic E-state index is 13.1. The SMILES string of the molecule is Cl.FC12CC(C3CCNC3)(C1)C2. The van der Waals surface area contributed by atoms with Crippen LogP contribution in [0.4, 0.5) is 4.39 Å². The van der Waals surface area contributed by atoms with Crippen LogP contribution >= 0.6 is 12.4 Å². The molecular formula is C9H15ClFN. The van der Waals surface area contributed by atoms with Gasteiger partial charge in [-0.3, -0.25) is 0 Å². The molecule has 0 aromatic carbocycles. The summed E-state index contributed by atoms with van der Waals surface area (Å²) in [5.41, 5.74) is -0.221. The van der Waals surface area contributed by atoms with Crippen molar-refractivity contribution in [1.82, 2.24) is 5.32 Å². The van der Waals surface area contributed by atoms with Crippen LogP contribution in [0.1, 0.15) is 25.7 Å². The summed E-state index contributed by atoms with van der Waals surface area (Å²) in [5.74, 6) is 0.806. The van der Waals surface area contributed by atoms with Crippen LogP contribution in [-0.4, -0.2) is 18.8 Å². The lowest BCUT2D eigenvalue weighted by atomic mass is 9.38. The molecule has 0 radical (unpaired) electrons. The van der Waals surface area contributed by atoms with Gasteiger partial charge >= 0.3 is 0 Å². The highest BCUT2D eigenvalue weighted by atomic mass is 35.5. The van der Waals surface area contributed by atoms with Gasteiger partial charge in [0.15, 0.2) is 0 Å². The first kappa shape index (κ1) is 8.76. The molecule has 0 amide bonds. The number of nitrogens with one attached hydrogen (secondary N) is 1. The normalized spacial score (nSPS) is 55.2. The molecule has 0 spiro atoms. The summed E-state index contributed by atoms with van der Waals surface area (Å²) in [6.45, 7) is 2.31. The predicted molar refractivity (Wildman–Crippen MR) is 48.3 cm³/mol. The largest absolute Gasteiger partial charge is 0.316 e. The van der Waals surface area contributed by atoms with E-state index >= 15 is 0 Å². The van der Waals surface area contributed by atoms with Crippen LogP contribution in [0.15, 0.2) is 0 Å². The van der Waals surface area contributed by atoms with Gasteiger partial charge in [0.05, 0.1) is 0 Å². The van der Waals surface area contributed by atoms with Gasteiger partial charge in [0.2, 0.25) is 0 Å². The molecule has 1 aliphatic heterocycles. The average Bonchev–Trinajstić information content (AvgIpc) is 2.28. The summed E-state index contributed by atoms with van der Waals surface area (Å²) in [5, 5.41) is 3.36. The number of hydrogen-bond donors (Lipinski definition) is 1. The third-order valence-corrected chi connectivity index (χ3v) is 3.93. The molecule has 1 heterocycles. The lowest BCUT2D eigenvalue weighted by Crippen LogP contribution is -2.67. The van der Waals surface area contributed by atoms with Gasteiger partial charge in [0, 0.05) is 0 Å². The molecule has 1 atom stereocenters. The molecule has 2 bridgehead atoms. The van der Waals surface area contributed by atoms with E-state index in [4.69, 9.17) is 0 Å². The summed E-state index contributed by atoms with van der Waals surface area (Å²) in [6, 6.07) is 0. The molecule has 3 aliphatic carbocycles. The maximum Gasteiger partial charge on any atom is 0.112 e. The maximum atomic E-state index is 13.1. The molecule has 4 aliphatic rings. The van der Waals surface area contributed by atoms with Crippen molar-refractivity contribution in [3.8, 4) is 0 Å². The molecule has 3 heteroatoms. The Kier molecular flexibility index (Phi) is 1.72. The fourth-order valence-electron chi connectivity index (χ4n) is 3.35. The first-order valence-electron chi connectivity index (χ1n) is 4.62. The minimum Gasteiger partial charge on any atom is -0.316 e. The van der Waals surface area contributed by atoms with Crippen LogP contribution in [0, 0.1) is 11.3 Å². The highest BCUT2D eigenvalue weighted by Gasteiger charge is 2.71. The van der Waals surface area contributed by atoms with Crippen LogP contribution in [-0.2, 0) is 0 Å². The molecule has 4 fully saturated rings. The van der Waals surface area contributed by atoms with Crippen molar-refractivity contribution >= 4 is 12.4 Å². The van der Waals surface area contributed by atoms with Gasteiger partial charge < -0.3 is 5.32 Å². The van der Waals surface area contributed by atoms with E-state index in [2.05, 4.69) is 5.32 Å². The number of alkyl halides is 1. The number of rotatable bonds is 1. The standard InChI is InChI=1S/C9H14FN.ClH/c10-9-4-8(5-9,6-9)7-1-2-11-3-7;/h7,11H,1-6H2;1H. The summed E-state index contributed by atoms with van der Waals surface area (Å²) in [6.07, 6.45) is 3.93. The van der Waals surface area contributed by atoms with Crippen molar-refractivity contribution in [2.24, 2.45) is 11.3 Å². The van der Waals surface area contributed by atoms with Gasteiger partial charge in [-0.05, 0) is 50.1 Å². The van der Waals surface area contributed by atoms with E-state index in [0.29, 0.717) is 5.41 Å². The zero-order chi connectivity index (χ0) is 7.53. The van der Waals surface area contributed by atoms with Crippen molar-refractivity contribution in [2.45, 2.75) is 31.4 Å². The minimum atomic E-state index is -0.692. The van der Waals surface area contributed by atoms with Crippen LogP contribution in [0.3, 0.4) is 0 Å². The molecular weight excluding hydrogens is 177 g/mol. The second kappa shape index (κ2) is 2.36. The van der Waals surface area contributed by atoms with E-state index in [1.54, 1.807) is 0 Å². The first-order valence-corrected chi connectivity index (χ1v) is 4.62. The minimum absolute atomic E-state index is 0. The topological polar surface area (TPSA) is 12.0 Å². The number of hydrogen-bond acceptors (Lipinski definition) is 1. The highest BCUT2D eigenvalue weighted by molar-refractivity contribution is 5.85. The summed E-state index contributed by atoms with van der Waals surface area (Å²) < 4.78 is 13.1. The van der Waals surface area contributed by atoms with E-state index < -0.39 is 5.67 Å². The highest BCUT2D eigenvalue weighted by Crippen LogP contribution is 2.73. The molecule has 0 aromatic heterocycles. The van der Waals surface area contributed by atoms with E-state index in [9.17, 15) is 4.39 Å². The van der Waals surface area contributed by atoms with E-state index in [-0.39, 0.29) is 12.4 Å². The van der Waals surface area contributed by atoms with Crippen LogP contribution in [0.5, 0.6) is 0 Å². The van der Waals surface area contributed by atoms with Crippen LogP contribution < -0.4 is 5.32 Å². The van der Waals surface area contributed by atoms with E-state index in [1.165, 1.54) is 6.42 Å². The van der Waals surface area contributed by atoms with Crippen LogP contribution in [0.2, 0.25) is 0 Å². The van der Waals surface area contributed by atoms with Gasteiger partial charge in [0.25, 0.3) is 0 Å². The van der Waals surface area contributed by atoms with E-state index in [1.807, 2.05) is 0 Å². The lowest BCUT2D eigenvalue weighted by Gasteiger charge is -2.68. The third-order valence-electron chi connectivity index (χ3n) is 3.93. The summed E-state index contributed by atoms with van der Waals surface area (Å²) in [7, 11) is 0. The fourth-order valence-corrected chi connectivity index (χ4v) is 3.35. The van der Waals surface area contributed by atoms with Crippen molar-refractivity contribution in [3.63, 3.8) is 0 Å². The molecule has 3 saturated carbocycles. The Hall–Kier alpha value is 0.180. The molecule has 1 N–H and O–H groups in total. The predicted octanol–water partition coefficient (Wildman–Crippen LogP) is 1.91. The molecule has 12 heavy (non-hydrogen) atoms. The van der Waals surface area contributed by atoms with Gasteiger partial charge in [0.1, 0.15) is 5.67 Å². The second-order valence-electron chi connectivity index (χ2n) is 4.73. The van der Waals surface area contributed by atoms with Crippen molar-refractivity contribution in [2.75, 3.05) is 13.1 Å². The molecule has 1 nitrogen and oxygen atoms in total. The Balaban J connectivity index is 0.000000563. The molecule has 1 unspecified atom stereocenters. The van der Waals surface area contributed by atoms with Gasteiger partial charge in [-0.1, -0.05) is 0 Å². The molecule has 70 valence electrons. The van der Waals surface area contributed by atoms with Crippen molar-refractivity contribution in [3.05, 3.63) is 0 Å².